The third-order valence-electron chi connectivity index (χ3n) is 12.4. The van der Waals surface area contributed by atoms with E-state index in [9.17, 15) is 19.8 Å². The first-order valence-corrected chi connectivity index (χ1v) is 27.4. The van der Waals surface area contributed by atoms with E-state index in [4.69, 9.17) is 4.74 Å². The van der Waals surface area contributed by atoms with Gasteiger partial charge in [-0.1, -0.05) is 230 Å². The van der Waals surface area contributed by atoms with Crippen LogP contribution in [-0.2, 0) is 14.3 Å². The number of amides is 1. The van der Waals surface area contributed by atoms with Crippen molar-refractivity contribution in [3.05, 3.63) is 48.6 Å². The molecule has 0 saturated heterocycles. The second-order valence-electron chi connectivity index (χ2n) is 18.6. The maximum absolute atomic E-state index is 13.2. The number of hydrogen-bond acceptors (Lipinski definition) is 5. The van der Waals surface area contributed by atoms with Crippen molar-refractivity contribution in [1.29, 1.82) is 0 Å². The Hall–Kier alpha value is -2.18. The molecule has 0 fully saturated rings. The second-order valence-corrected chi connectivity index (χ2v) is 18.6. The van der Waals surface area contributed by atoms with E-state index in [1.54, 1.807) is 0 Å². The van der Waals surface area contributed by atoms with E-state index in [2.05, 4.69) is 74.7 Å². The molecule has 0 aliphatic carbocycles. The molecule has 0 aromatic heterocycles. The topological polar surface area (TPSA) is 95.9 Å². The van der Waals surface area contributed by atoms with Crippen LogP contribution in [-0.4, -0.2) is 46.9 Å². The van der Waals surface area contributed by atoms with Gasteiger partial charge in [-0.3, -0.25) is 9.59 Å². The van der Waals surface area contributed by atoms with Gasteiger partial charge in [0.1, 0.15) is 6.10 Å². The number of allylic oxidation sites excluding steroid dienone is 8. The van der Waals surface area contributed by atoms with Gasteiger partial charge in [0, 0.05) is 6.42 Å². The highest BCUT2D eigenvalue weighted by Crippen LogP contribution is 2.18. The third kappa shape index (κ3) is 46.2. The van der Waals surface area contributed by atoms with Crippen LogP contribution in [0.4, 0.5) is 0 Å². The molecular formula is C57H105NO5. The average molecular weight is 884 g/mol. The number of esters is 1. The lowest BCUT2D eigenvalue weighted by Gasteiger charge is -2.24. The zero-order valence-corrected chi connectivity index (χ0v) is 42.0. The van der Waals surface area contributed by atoms with E-state index in [0.717, 1.165) is 89.9 Å². The summed E-state index contributed by atoms with van der Waals surface area (Å²) in [6.07, 6.45) is 61.7. The van der Waals surface area contributed by atoms with Gasteiger partial charge in [0.2, 0.25) is 5.91 Å². The minimum absolute atomic E-state index is 0.0659. The Balaban J connectivity index is 4.58. The molecule has 3 N–H and O–H groups in total. The second kappa shape index (κ2) is 50.8. The van der Waals surface area contributed by atoms with E-state index in [0.29, 0.717) is 19.3 Å². The van der Waals surface area contributed by atoms with Crippen LogP contribution in [0.1, 0.15) is 278 Å². The van der Waals surface area contributed by atoms with Gasteiger partial charge in [-0.05, 0) is 83.5 Å². The zero-order chi connectivity index (χ0) is 45.9. The fraction of sp³-hybridized carbons (Fsp3) is 0.825. The van der Waals surface area contributed by atoms with Gasteiger partial charge in [0.15, 0.2) is 0 Å². The molecule has 3 unspecified atom stereocenters. The lowest BCUT2D eigenvalue weighted by atomic mass is 10.0. The Kier molecular flexibility index (Phi) is 49.1. The molecule has 0 radical (unpaired) electrons. The van der Waals surface area contributed by atoms with Gasteiger partial charge >= 0.3 is 5.97 Å². The Morgan fingerprint density at radius 1 is 0.476 bits per heavy atom. The monoisotopic (exact) mass is 884 g/mol. The number of nitrogens with one attached hydrogen (secondary N) is 1. The number of carbonyl (C=O) groups is 2. The SMILES string of the molecule is CC/C=C/C/C=C/CCCCCCCCCC(=O)OC(CCCCCCC/C=C\C/C=C\CCCCC)CC(=O)NC(CO)C(O)CCCCCCCCCCCCCCCCC. The van der Waals surface area contributed by atoms with Gasteiger partial charge in [-0.15, -0.1) is 0 Å². The van der Waals surface area contributed by atoms with Crippen LogP contribution < -0.4 is 5.32 Å². The van der Waals surface area contributed by atoms with Crippen molar-refractivity contribution in [3.63, 3.8) is 0 Å². The first-order chi connectivity index (χ1) is 31.0. The first kappa shape index (κ1) is 60.8. The molecule has 0 bridgehead atoms. The van der Waals surface area contributed by atoms with Crippen molar-refractivity contribution >= 4 is 11.9 Å². The van der Waals surface area contributed by atoms with Gasteiger partial charge in [-0.25, -0.2) is 0 Å². The van der Waals surface area contributed by atoms with Crippen LogP contribution in [0, 0.1) is 0 Å². The molecule has 0 rings (SSSR count). The predicted octanol–water partition coefficient (Wildman–Crippen LogP) is 16.6. The summed E-state index contributed by atoms with van der Waals surface area (Å²) in [5, 5.41) is 23.8. The maximum atomic E-state index is 13.2. The van der Waals surface area contributed by atoms with Crippen LogP contribution in [0.25, 0.3) is 0 Å². The molecule has 0 aliphatic rings. The van der Waals surface area contributed by atoms with Gasteiger partial charge < -0.3 is 20.3 Å². The maximum Gasteiger partial charge on any atom is 0.306 e. The number of hydrogen-bond donors (Lipinski definition) is 3. The van der Waals surface area contributed by atoms with E-state index in [1.807, 2.05) is 0 Å². The van der Waals surface area contributed by atoms with Gasteiger partial charge in [0.05, 0.1) is 25.2 Å². The lowest BCUT2D eigenvalue weighted by Crippen LogP contribution is -2.46. The summed E-state index contributed by atoms with van der Waals surface area (Å²) in [4.78, 5) is 26.2. The Labute approximate surface area is 391 Å². The molecule has 0 spiro atoms. The number of carbonyl (C=O) groups excluding carboxylic acids is 2. The minimum atomic E-state index is -0.793. The Morgan fingerprint density at radius 2 is 0.857 bits per heavy atom. The number of aliphatic hydroxyl groups is 2. The summed E-state index contributed by atoms with van der Waals surface area (Å²) >= 11 is 0. The highest BCUT2D eigenvalue weighted by atomic mass is 16.5. The van der Waals surface area contributed by atoms with E-state index < -0.39 is 18.2 Å². The summed E-state index contributed by atoms with van der Waals surface area (Å²) in [5.74, 6) is -0.489. The minimum Gasteiger partial charge on any atom is -0.462 e. The molecule has 0 aromatic rings. The summed E-state index contributed by atoms with van der Waals surface area (Å²) < 4.78 is 5.94. The van der Waals surface area contributed by atoms with Crippen molar-refractivity contribution in [2.24, 2.45) is 0 Å². The van der Waals surface area contributed by atoms with Crippen molar-refractivity contribution < 1.29 is 24.5 Å². The first-order valence-electron chi connectivity index (χ1n) is 27.4. The molecule has 0 aliphatic heterocycles. The number of aliphatic hydroxyl groups excluding tert-OH is 2. The van der Waals surface area contributed by atoms with E-state index in [1.165, 1.54) is 141 Å². The number of ether oxygens (including phenoxy) is 1. The standard InChI is InChI=1S/C57H105NO5/c1-4-7-10-13-16-19-22-25-28-30-33-36-39-42-45-48-53(63-57(62)50-47-44-41-38-35-32-27-24-21-18-15-12-9-6-3)51-56(61)58-54(52-59)55(60)49-46-43-40-37-34-31-29-26-23-20-17-14-11-8-5-2/h9,12,16,18-19,21,25,28,53-55,59-60H,4-8,10-11,13-15,17,20,22-24,26-27,29-52H2,1-3H3,(H,58,61)/b12-9+,19-16-,21-18+,28-25-. The molecule has 6 nitrogen and oxygen atoms in total. The summed E-state index contributed by atoms with van der Waals surface area (Å²) in [5.41, 5.74) is 0. The van der Waals surface area contributed by atoms with E-state index in [-0.39, 0.29) is 24.9 Å². The fourth-order valence-electron chi connectivity index (χ4n) is 8.26. The van der Waals surface area contributed by atoms with Crippen molar-refractivity contribution in [2.45, 2.75) is 296 Å². The largest absolute Gasteiger partial charge is 0.462 e. The van der Waals surface area contributed by atoms with Crippen molar-refractivity contribution in [2.75, 3.05) is 6.61 Å². The molecule has 368 valence electrons. The van der Waals surface area contributed by atoms with Crippen molar-refractivity contribution in [3.8, 4) is 0 Å². The molecule has 1 amide bonds. The van der Waals surface area contributed by atoms with Gasteiger partial charge in [-0.2, -0.15) is 0 Å². The average Bonchev–Trinajstić information content (AvgIpc) is 3.28. The predicted molar refractivity (Wildman–Crippen MR) is 273 cm³/mol. The van der Waals surface area contributed by atoms with Crippen LogP contribution in [0.15, 0.2) is 48.6 Å². The summed E-state index contributed by atoms with van der Waals surface area (Å²) in [6, 6.07) is -0.708. The molecule has 0 heterocycles. The molecule has 63 heavy (non-hydrogen) atoms. The highest BCUT2D eigenvalue weighted by molar-refractivity contribution is 5.77. The molecule has 0 aromatic carbocycles. The lowest BCUT2D eigenvalue weighted by molar-refractivity contribution is -0.151. The number of rotatable bonds is 49. The van der Waals surface area contributed by atoms with Gasteiger partial charge in [0.25, 0.3) is 0 Å². The Morgan fingerprint density at radius 3 is 1.32 bits per heavy atom. The Bertz CT molecular complexity index is 1080. The normalized spacial score (nSPS) is 13.5. The molecule has 6 heteroatoms. The third-order valence-corrected chi connectivity index (χ3v) is 12.4. The van der Waals surface area contributed by atoms with Crippen LogP contribution in [0.3, 0.4) is 0 Å². The highest BCUT2D eigenvalue weighted by Gasteiger charge is 2.24. The fourth-order valence-corrected chi connectivity index (χ4v) is 8.26. The van der Waals surface area contributed by atoms with Crippen LogP contribution in [0.2, 0.25) is 0 Å². The van der Waals surface area contributed by atoms with Crippen molar-refractivity contribution in [1.82, 2.24) is 5.32 Å². The zero-order valence-electron chi connectivity index (χ0n) is 42.0. The van der Waals surface area contributed by atoms with Crippen LogP contribution in [0.5, 0.6) is 0 Å². The number of unbranched alkanes of at least 4 members (excludes halogenated alkanes) is 29. The smallest absolute Gasteiger partial charge is 0.306 e. The van der Waals surface area contributed by atoms with Crippen LogP contribution >= 0.6 is 0 Å². The summed E-state index contributed by atoms with van der Waals surface area (Å²) in [7, 11) is 0. The summed E-state index contributed by atoms with van der Waals surface area (Å²) in [6.45, 7) is 6.37. The molecule has 3 atom stereocenters. The molecular weight excluding hydrogens is 779 g/mol. The van der Waals surface area contributed by atoms with E-state index >= 15 is 0 Å². The quantitative estimate of drug-likeness (QED) is 0.0321. The molecule has 0 saturated carbocycles.